The highest BCUT2D eigenvalue weighted by Crippen LogP contribution is 2.30. The summed E-state index contributed by atoms with van der Waals surface area (Å²) in [5.41, 5.74) is 3.86. The molecule has 4 aliphatic heterocycles. The van der Waals surface area contributed by atoms with E-state index in [1.54, 1.807) is 0 Å². The van der Waals surface area contributed by atoms with Gasteiger partial charge in [-0.15, -0.1) is 0 Å². The third kappa shape index (κ3) is 3.40. The van der Waals surface area contributed by atoms with Gasteiger partial charge in [0.05, 0.1) is 5.92 Å². The fraction of sp³-hybridized carbons (Fsp3) is 0.650. The SMILES string of the molecule is CC(C)=CCN1C(=O)C2CCC1CN(C(=O)c1n[nH]c3c1CN(C)CC3)C2. The van der Waals surface area contributed by atoms with E-state index in [9.17, 15) is 9.59 Å². The predicted molar refractivity (Wildman–Crippen MR) is 102 cm³/mol. The highest BCUT2D eigenvalue weighted by atomic mass is 16.2. The third-order valence-electron chi connectivity index (χ3n) is 6.10. The fourth-order valence-corrected chi connectivity index (χ4v) is 4.48. The molecule has 1 N–H and O–H groups in total. The summed E-state index contributed by atoms with van der Waals surface area (Å²) in [5.74, 6) is 0.0788. The maximum atomic E-state index is 13.3. The smallest absolute Gasteiger partial charge is 0.274 e. The average Bonchev–Trinajstić information content (AvgIpc) is 2.84. The Balaban J connectivity index is 1.56. The number of amides is 2. The van der Waals surface area contributed by atoms with E-state index in [0.29, 0.717) is 25.3 Å². The molecular formula is C20H29N5O2. The molecule has 5 heterocycles. The first kappa shape index (κ1) is 18.2. The van der Waals surface area contributed by atoms with Crippen molar-refractivity contribution in [3.05, 3.63) is 28.6 Å². The van der Waals surface area contributed by atoms with Gasteiger partial charge in [0.2, 0.25) is 5.91 Å². The van der Waals surface area contributed by atoms with E-state index >= 15 is 0 Å². The normalized spacial score (nSPS) is 25.4. The Morgan fingerprint density at radius 3 is 2.89 bits per heavy atom. The second kappa shape index (κ2) is 7.11. The van der Waals surface area contributed by atoms with Crippen molar-refractivity contribution in [2.45, 2.75) is 45.7 Å². The van der Waals surface area contributed by atoms with E-state index in [2.05, 4.69) is 28.2 Å². The van der Waals surface area contributed by atoms with Crippen molar-refractivity contribution in [3.8, 4) is 0 Å². The highest BCUT2D eigenvalue weighted by molar-refractivity contribution is 5.95. The van der Waals surface area contributed by atoms with Gasteiger partial charge in [-0.1, -0.05) is 11.6 Å². The summed E-state index contributed by atoms with van der Waals surface area (Å²) in [5, 5.41) is 7.42. The quantitative estimate of drug-likeness (QED) is 0.816. The number of carbonyl (C=O) groups excluding carboxylic acids is 2. The van der Waals surface area contributed by atoms with Gasteiger partial charge < -0.3 is 14.7 Å². The molecule has 27 heavy (non-hydrogen) atoms. The van der Waals surface area contributed by atoms with Gasteiger partial charge in [-0.2, -0.15) is 5.10 Å². The molecule has 7 nitrogen and oxygen atoms in total. The molecule has 2 bridgehead atoms. The number of H-pyrrole nitrogens is 1. The van der Waals surface area contributed by atoms with Crippen LogP contribution in [0.1, 0.15) is 48.4 Å². The van der Waals surface area contributed by atoms with Crippen molar-refractivity contribution < 1.29 is 9.59 Å². The summed E-state index contributed by atoms with van der Waals surface area (Å²) >= 11 is 0. The fourth-order valence-electron chi connectivity index (χ4n) is 4.48. The first-order chi connectivity index (χ1) is 12.9. The minimum absolute atomic E-state index is 0.0310. The molecule has 1 aromatic rings. The number of rotatable bonds is 3. The van der Waals surface area contributed by atoms with Crippen molar-refractivity contribution in [1.29, 1.82) is 0 Å². The van der Waals surface area contributed by atoms with E-state index in [0.717, 1.165) is 43.6 Å². The topological polar surface area (TPSA) is 72.5 Å². The van der Waals surface area contributed by atoms with Crippen molar-refractivity contribution >= 4 is 11.8 Å². The zero-order valence-corrected chi connectivity index (χ0v) is 16.5. The van der Waals surface area contributed by atoms with Gasteiger partial charge in [0.1, 0.15) is 0 Å². The van der Waals surface area contributed by atoms with Crippen LogP contribution in [0.25, 0.3) is 0 Å². The molecule has 3 saturated heterocycles. The van der Waals surface area contributed by atoms with E-state index in [1.807, 2.05) is 23.6 Å². The van der Waals surface area contributed by atoms with Gasteiger partial charge in [-0.3, -0.25) is 14.7 Å². The van der Waals surface area contributed by atoms with Crippen molar-refractivity contribution in [2.75, 3.05) is 33.2 Å². The molecule has 0 aromatic carbocycles. The Kier molecular flexibility index (Phi) is 4.80. The van der Waals surface area contributed by atoms with Crippen LogP contribution in [0.5, 0.6) is 0 Å². The van der Waals surface area contributed by atoms with Gasteiger partial charge in [0.15, 0.2) is 5.69 Å². The molecular weight excluding hydrogens is 342 g/mol. The lowest BCUT2D eigenvalue weighted by Gasteiger charge is -2.35. The van der Waals surface area contributed by atoms with Gasteiger partial charge in [0, 0.05) is 56.4 Å². The molecule has 2 amide bonds. The van der Waals surface area contributed by atoms with Gasteiger partial charge in [-0.05, 0) is 33.7 Å². The van der Waals surface area contributed by atoms with Gasteiger partial charge >= 0.3 is 0 Å². The molecule has 2 unspecified atom stereocenters. The van der Waals surface area contributed by atoms with Crippen LogP contribution in [-0.2, 0) is 17.8 Å². The Morgan fingerprint density at radius 1 is 1.30 bits per heavy atom. The van der Waals surface area contributed by atoms with Crippen molar-refractivity contribution in [3.63, 3.8) is 0 Å². The van der Waals surface area contributed by atoms with E-state index < -0.39 is 0 Å². The number of carbonyl (C=O) groups is 2. The molecule has 146 valence electrons. The lowest BCUT2D eigenvalue weighted by molar-refractivity contribution is -0.139. The summed E-state index contributed by atoms with van der Waals surface area (Å²) < 4.78 is 0. The van der Waals surface area contributed by atoms with E-state index in [1.165, 1.54) is 5.57 Å². The molecule has 2 atom stereocenters. The van der Waals surface area contributed by atoms with Crippen LogP contribution < -0.4 is 0 Å². The molecule has 0 aliphatic carbocycles. The van der Waals surface area contributed by atoms with Crippen LogP contribution in [0.4, 0.5) is 0 Å². The van der Waals surface area contributed by atoms with Gasteiger partial charge in [0.25, 0.3) is 5.91 Å². The van der Waals surface area contributed by atoms with Crippen LogP contribution in [-0.4, -0.2) is 76.0 Å². The zero-order valence-electron chi connectivity index (χ0n) is 16.5. The Labute approximate surface area is 160 Å². The van der Waals surface area contributed by atoms with Crippen LogP contribution in [0, 0.1) is 5.92 Å². The lowest BCUT2D eigenvalue weighted by Crippen LogP contribution is -2.48. The summed E-state index contributed by atoms with van der Waals surface area (Å²) in [6, 6.07) is 0.105. The Hall–Kier alpha value is -2.15. The number of fused-ring (bicyclic) bond motifs is 5. The number of allylic oxidation sites excluding steroid dienone is 1. The molecule has 1 aromatic heterocycles. The molecule has 5 rings (SSSR count). The largest absolute Gasteiger partial charge is 0.334 e. The third-order valence-corrected chi connectivity index (χ3v) is 6.10. The van der Waals surface area contributed by atoms with Crippen LogP contribution in [0.15, 0.2) is 11.6 Å². The number of hydrogen-bond donors (Lipinski definition) is 1. The summed E-state index contributed by atoms with van der Waals surface area (Å²) in [6.45, 7) is 7.59. The molecule has 0 spiro atoms. The van der Waals surface area contributed by atoms with Crippen LogP contribution >= 0.6 is 0 Å². The maximum absolute atomic E-state index is 13.3. The van der Waals surface area contributed by atoms with Crippen LogP contribution in [0.3, 0.4) is 0 Å². The number of nitrogens with zero attached hydrogens (tertiary/aromatic N) is 4. The predicted octanol–water partition coefficient (Wildman–Crippen LogP) is 1.43. The second-order valence-electron chi connectivity index (χ2n) is 8.43. The minimum atomic E-state index is -0.0873. The summed E-state index contributed by atoms with van der Waals surface area (Å²) in [4.78, 5) is 32.2. The number of likely N-dealkylation sites (N-methyl/N-ethyl adjacent to an activating group) is 1. The van der Waals surface area contributed by atoms with Gasteiger partial charge in [-0.25, -0.2) is 0 Å². The number of aromatic amines is 1. The summed E-state index contributed by atoms with van der Waals surface area (Å²) in [6.07, 6.45) is 4.84. The monoisotopic (exact) mass is 371 g/mol. The maximum Gasteiger partial charge on any atom is 0.274 e. The second-order valence-corrected chi connectivity index (χ2v) is 8.43. The Morgan fingerprint density at radius 2 is 2.11 bits per heavy atom. The number of aromatic nitrogens is 2. The van der Waals surface area contributed by atoms with Crippen LogP contribution in [0.2, 0.25) is 0 Å². The first-order valence-corrected chi connectivity index (χ1v) is 9.91. The zero-order chi connectivity index (χ0) is 19.1. The minimum Gasteiger partial charge on any atom is -0.334 e. The van der Waals surface area contributed by atoms with E-state index in [-0.39, 0.29) is 23.8 Å². The highest BCUT2D eigenvalue weighted by Gasteiger charge is 2.42. The lowest BCUT2D eigenvalue weighted by atomic mass is 9.94. The first-order valence-electron chi connectivity index (χ1n) is 9.91. The number of hydrogen-bond acceptors (Lipinski definition) is 4. The average molecular weight is 371 g/mol. The Bertz CT molecular complexity index is 779. The standard InChI is InChI=1S/C20H29N5O2/c1-13(2)6-9-25-15-5-4-14(19(25)26)10-24(11-15)20(27)18-16-12-23(3)8-7-17(16)21-22-18/h6,14-15H,4-5,7-12H2,1-3H3,(H,21,22). The molecule has 0 saturated carbocycles. The van der Waals surface area contributed by atoms with Crippen molar-refractivity contribution in [1.82, 2.24) is 24.9 Å². The number of nitrogens with one attached hydrogen (secondary N) is 1. The molecule has 7 heteroatoms. The number of piperidine rings is 1. The molecule has 0 radical (unpaired) electrons. The molecule has 4 aliphatic rings. The van der Waals surface area contributed by atoms with Crippen molar-refractivity contribution in [2.24, 2.45) is 5.92 Å². The summed E-state index contributed by atoms with van der Waals surface area (Å²) in [7, 11) is 2.07. The van der Waals surface area contributed by atoms with E-state index in [4.69, 9.17) is 0 Å². The molecule has 3 fully saturated rings.